The molecular formula is C16H12Cl2FNO. The van der Waals surface area contributed by atoms with Crippen LogP contribution in [0.15, 0.2) is 42.5 Å². The van der Waals surface area contributed by atoms with Gasteiger partial charge < -0.3 is 5.32 Å². The van der Waals surface area contributed by atoms with E-state index in [1.165, 1.54) is 12.1 Å². The summed E-state index contributed by atoms with van der Waals surface area (Å²) < 4.78 is 13.8. The molecule has 1 N–H and O–H groups in total. The largest absolute Gasteiger partial charge is 0.344 e. The molecule has 0 aliphatic heterocycles. The van der Waals surface area contributed by atoms with Crippen LogP contribution in [0.25, 0.3) is 0 Å². The number of rotatable bonds is 2. The highest BCUT2D eigenvalue weighted by atomic mass is 35.5. The second kappa shape index (κ2) is 5.66. The third-order valence-electron chi connectivity index (χ3n) is 3.63. The number of alkyl halides is 1. The smallest absolute Gasteiger partial charge is 0.254 e. The first-order valence-corrected chi connectivity index (χ1v) is 7.35. The van der Waals surface area contributed by atoms with Crippen molar-refractivity contribution in [2.75, 3.05) is 0 Å². The molecule has 0 heterocycles. The minimum Gasteiger partial charge on any atom is -0.344 e. The van der Waals surface area contributed by atoms with Crippen LogP contribution < -0.4 is 5.32 Å². The van der Waals surface area contributed by atoms with Gasteiger partial charge in [0.05, 0.1) is 17.0 Å². The minimum atomic E-state index is -0.641. The van der Waals surface area contributed by atoms with Crippen LogP contribution in [0, 0.1) is 5.82 Å². The number of fused-ring (bicyclic) bond motifs is 1. The van der Waals surface area contributed by atoms with Crippen LogP contribution in [0.3, 0.4) is 0 Å². The van der Waals surface area contributed by atoms with Crippen molar-refractivity contribution in [3.05, 3.63) is 70.0 Å². The van der Waals surface area contributed by atoms with Crippen LogP contribution >= 0.6 is 23.2 Å². The molecule has 2 aromatic carbocycles. The maximum atomic E-state index is 13.8. The number of nitrogens with one attached hydrogen (secondary N) is 1. The summed E-state index contributed by atoms with van der Waals surface area (Å²) in [5.41, 5.74) is 2.06. The summed E-state index contributed by atoms with van der Waals surface area (Å²) >= 11 is 12.0. The summed E-state index contributed by atoms with van der Waals surface area (Å²) in [6.45, 7) is 0. The zero-order chi connectivity index (χ0) is 15.0. The molecule has 0 radical (unpaired) electrons. The van der Waals surface area contributed by atoms with Gasteiger partial charge in [-0.3, -0.25) is 4.79 Å². The molecule has 1 amide bonds. The van der Waals surface area contributed by atoms with Gasteiger partial charge >= 0.3 is 0 Å². The molecule has 3 rings (SSSR count). The summed E-state index contributed by atoms with van der Waals surface area (Å²) in [7, 11) is 0. The number of benzene rings is 2. The first-order chi connectivity index (χ1) is 10.1. The fraction of sp³-hybridized carbons (Fsp3) is 0.188. The van der Waals surface area contributed by atoms with Gasteiger partial charge in [-0.25, -0.2) is 4.39 Å². The van der Waals surface area contributed by atoms with E-state index in [-0.39, 0.29) is 22.0 Å². The van der Waals surface area contributed by atoms with Crippen molar-refractivity contribution >= 4 is 29.1 Å². The highest BCUT2D eigenvalue weighted by molar-refractivity contribution is 6.30. The topological polar surface area (TPSA) is 29.1 Å². The van der Waals surface area contributed by atoms with Gasteiger partial charge in [0.1, 0.15) is 5.82 Å². The number of hydrogen-bond donors (Lipinski definition) is 1. The highest BCUT2D eigenvalue weighted by Crippen LogP contribution is 2.34. The Morgan fingerprint density at radius 3 is 2.76 bits per heavy atom. The van der Waals surface area contributed by atoms with Crippen molar-refractivity contribution < 1.29 is 9.18 Å². The number of carbonyl (C=O) groups is 1. The van der Waals surface area contributed by atoms with Crippen molar-refractivity contribution in [1.29, 1.82) is 0 Å². The lowest BCUT2D eigenvalue weighted by Crippen LogP contribution is -2.32. The standard InChI is InChI=1S/C16H12Cl2FNO/c17-10-5-6-12(14(19)8-10)16(21)20-15-11-4-2-1-3-9(11)7-13(15)18/h1-6,8,13,15H,7H2,(H,20,21). The first kappa shape index (κ1) is 14.4. The molecule has 1 aliphatic rings. The summed E-state index contributed by atoms with van der Waals surface area (Å²) in [4.78, 5) is 12.2. The lowest BCUT2D eigenvalue weighted by atomic mass is 10.1. The Bertz CT molecular complexity index is 704. The third-order valence-corrected chi connectivity index (χ3v) is 4.27. The molecule has 5 heteroatoms. The molecule has 0 bridgehead atoms. The normalized spacial score (nSPS) is 20.1. The number of halogens is 3. The van der Waals surface area contributed by atoms with Crippen molar-refractivity contribution in [3.8, 4) is 0 Å². The van der Waals surface area contributed by atoms with Gasteiger partial charge in [0.2, 0.25) is 0 Å². The molecule has 0 saturated carbocycles. The lowest BCUT2D eigenvalue weighted by molar-refractivity contribution is 0.0933. The highest BCUT2D eigenvalue weighted by Gasteiger charge is 2.32. The summed E-state index contributed by atoms with van der Waals surface area (Å²) in [5, 5.41) is 2.83. The summed E-state index contributed by atoms with van der Waals surface area (Å²) in [5.74, 6) is -1.13. The average molecular weight is 324 g/mol. The van der Waals surface area contributed by atoms with E-state index in [0.717, 1.165) is 17.2 Å². The molecule has 2 nitrogen and oxygen atoms in total. The Morgan fingerprint density at radius 1 is 1.24 bits per heavy atom. The van der Waals surface area contributed by atoms with Gasteiger partial charge in [-0.15, -0.1) is 11.6 Å². The number of amides is 1. The van der Waals surface area contributed by atoms with E-state index in [2.05, 4.69) is 5.32 Å². The molecule has 108 valence electrons. The maximum Gasteiger partial charge on any atom is 0.254 e. The van der Waals surface area contributed by atoms with Gasteiger partial charge in [0.25, 0.3) is 5.91 Å². The van der Waals surface area contributed by atoms with Crippen molar-refractivity contribution in [1.82, 2.24) is 5.32 Å². The lowest BCUT2D eigenvalue weighted by Gasteiger charge is -2.17. The zero-order valence-corrected chi connectivity index (χ0v) is 12.5. The Morgan fingerprint density at radius 2 is 2.00 bits per heavy atom. The number of hydrogen-bond acceptors (Lipinski definition) is 1. The quantitative estimate of drug-likeness (QED) is 0.828. The van der Waals surface area contributed by atoms with Crippen LogP contribution in [0.4, 0.5) is 4.39 Å². The van der Waals surface area contributed by atoms with E-state index in [9.17, 15) is 9.18 Å². The van der Waals surface area contributed by atoms with E-state index in [1.54, 1.807) is 0 Å². The van der Waals surface area contributed by atoms with Gasteiger partial charge in [-0.1, -0.05) is 35.9 Å². The van der Waals surface area contributed by atoms with Crippen molar-refractivity contribution in [2.24, 2.45) is 0 Å². The molecule has 2 atom stereocenters. The summed E-state index contributed by atoms with van der Waals surface area (Å²) in [6.07, 6.45) is 0.686. The molecule has 21 heavy (non-hydrogen) atoms. The van der Waals surface area contributed by atoms with Gasteiger partial charge in [0, 0.05) is 5.02 Å². The Kier molecular flexibility index (Phi) is 3.87. The fourth-order valence-electron chi connectivity index (χ4n) is 2.61. The first-order valence-electron chi connectivity index (χ1n) is 6.54. The van der Waals surface area contributed by atoms with Crippen LogP contribution in [0.1, 0.15) is 27.5 Å². The number of carbonyl (C=O) groups excluding carboxylic acids is 1. The SMILES string of the molecule is O=C(NC1c2ccccc2CC1Cl)c1ccc(Cl)cc1F. The molecule has 1 aliphatic carbocycles. The molecular weight excluding hydrogens is 312 g/mol. The second-order valence-corrected chi connectivity index (χ2v) is 5.99. The predicted molar refractivity (Wildman–Crippen MR) is 81.4 cm³/mol. The Labute approximate surface area is 131 Å². The van der Waals surface area contributed by atoms with Gasteiger partial charge in [0.15, 0.2) is 0 Å². The van der Waals surface area contributed by atoms with Crippen LogP contribution in [0.2, 0.25) is 5.02 Å². The minimum absolute atomic E-state index is 0.0346. The maximum absolute atomic E-state index is 13.8. The monoisotopic (exact) mass is 323 g/mol. The Balaban J connectivity index is 1.85. The predicted octanol–water partition coefficient (Wildman–Crippen LogP) is 4.11. The van der Waals surface area contributed by atoms with E-state index < -0.39 is 11.7 Å². The molecule has 0 spiro atoms. The van der Waals surface area contributed by atoms with Crippen molar-refractivity contribution in [2.45, 2.75) is 17.8 Å². The average Bonchev–Trinajstić information content (AvgIpc) is 2.75. The van der Waals surface area contributed by atoms with E-state index in [1.807, 2.05) is 24.3 Å². The molecule has 2 aromatic rings. The summed E-state index contributed by atoms with van der Waals surface area (Å²) in [6, 6.07) is 11.4. The fourth-order valence-corrected chi connectivity index (χ4v) is 3.13. The molecule has 0 fully saturated rings. The van der Waals surface area contributed by atoms with E-state index >= 15 is 0 Å². The zero-order valence-electron chi connectivity index (χ0n) is 10.9. The van der Waals surface area contributed by atoms with Crippen LogP contribution in [0.5, 0.6) is 0 Å². The Hall–Kier alpha value is -1.58. The third kappa shape index (κ3) is 2.76. The second-order valence-electron chi connectivity index (χ2n) is 4.99. The van der Waals surface area contributed by atoms with Gasteiger partial charge in [-0.05, 0) is 35.7 Å². The van der Waals surface area contributed by atoms with E-state index in [0.29, 0.717) is 6.42 Å². The van der Waals surface area contributed by atoms with Gasteiger partial charge in [-0.2, -0.15) is 0 Å². The molecule has 0 saturated heterocycles. The van der Waals surface area contributed by atoms with Crippen LogP contribution in [-0.4, -0.2) is 11.3 Å². The van der Waals surface area contributed by atoms with Crippen molar-refractivity contribution in [3.63, 3.8) is 0 Å². The van der Waals surface area contributed by atoms with E-state index in [4.69, 9.17) is 23.2 Å². The molecule has 0 aromatic heterocycles. The molecule has 2 unspecified atom stereocenters. The van der Waals surface area contributed by atoms with Crippen LogP contribution in [-0.2, 0) is 6.42 Å².